The summed E-state index contributed by atoms with van der Waals surface area (Å²) >= 11 is 0. The molecule has 5 nitrogen and oxygen atoms in total. The van der Waals surface area contributed by atoms with Crippen LogP contribution in [-0.4, -0.2) is 36.8 Å². The SMILES string of the molecule is Cc1ccc2cccnc2c1S(=O)(=O)N1C[C@@H](N)[C@H](c2ccccc2)C1. The Morgan fingerprint density at radius 3 is 2.58 bits per heavy atom. The van der Waals surface area contributed by atoms with Gasteiger partial charge < -0.3 is 5.73 Å². The van der Waals surface area contributed by atoms with E-state index in [-0.39, 0.29) is 16.9 Å². The van der Waals surface area contributed by atoms with Crippen LogP contribution in [-0.2, 0) is 10.0 Å². The molecular weight excluding hydrogens is 346 g/mol. The van der Waals surface area contributed by atoms with Gasteiger partial charge in [-0.1, -0.05) is 48.5 Å². The van der Waals surface area contributed by atoms with E-state index >= 15 is 0 Å². The van der Waals surface area contributed by atoms with Crippen LogP contribution in [0.1, 0.15) is 17.0 Å². The van der Waals surface area contributed by atoms with Gasteiger partial charge in [0.15, 0.2) is 0 Å². The standard InChI is InChI=1S/C20H21N3O2S/c1-14-9-10-16-8-5-11-22-19(16)20(14)26(24,25)23-12-17(18(21)13-23)15-6-3-2-4-7-15/h2-11,17-18H,12-13,21H2,1H3/t17-,18+/m0/s1. The molecule has 2 N–H and O–H groups in total. The number of hydrogen-bond acceptors (Lipinski definition) is 4. The molecule has 2 heterocycles. The molecule has 6 heteroatoms. The van der Waals surface area contributed by atoms with Crippen LogP contribution in [0.5, 0.6) is 0 Å². The van der Waals surface area contributed by atoms with E-state index in [1.54, 1.807) is 6.20 Å². The van der Waals surface area contributed by atoms with Crippen LogP contribution in [0.2, 0.25) is 0 Å². The molecule has 134 valence electrons. The number of rotatable bonds is 3. The maximum absolute atomic E-state index is 13.4. The van der Waals surface area contributed by atoms with Gasteiger partial charge in [0, 0.05) is 36.6 Å². The normalized spacial score (nSPS) is 21.3. The maximum Gasteiger partial charge on any atom is 0.245 e. The molecule has 2 atom stereocenters. The van der Waals surface area contributed by atoms with Crippen molar-refractivity contribution in [2.24, 2.45) is 5.73 Å². The van der Waals surface area contributed by atoms with Crippen molar-refractivity contribution < 1.29 is 8.42 Å². The fraction of sp³-hybridized carbons (Fsp3) is 0.250. The summed E-state index contributed by atoms with van der Waals surface area (Å²) in [6.07, 6.45) is 1.63. The van der Waals surface area contributed by atoms with E-state index in [9.17, 15) is 8.42 Å². The van der Waals surface area contributed by atoms with Crippen LogP contribution in [0, 0.1) is 6.92 Å². The van der Waals surface area contributed by atoms with Crippen molar-refractivity contribution in [1.29, 1.82) is 0 Å². The third-order valence-electron chi connectivity index (χ3n) is 5.08. The van der Waals surface area contributed by atoms with Gasteiger partial charge in [-0.25, -0.2) is 8.42 Å². The van der Waals surface area contributed by atoms with Crippen molar-refractivity contribution in [3.8, 4) is 0 Å². The van der Waals surface area contributed by atoms with Crippen molar-refractivity contribution in [2.45, 2.75) is 23.8 Å². The maximum atomic E-state index is 13.4. The Morgan fingerprint density at radius 2 is 1.81 bits per heavy atom. The van der Waals surface area contributed by atoms with Gasteiger partial charge in [-0.3, -0.25) is 4.98 Å². The first-order valence-electron chi connectivity index (χ1n) is 8.63. The first kappa shape index (κ1) is 17.1. The number of pyridine rings is 1. The molecule has 0 amide bonds. The van der Waals surface area contributed by atoms with Gasteiger partial charge in [0.25, 0.3) is 0 Å². The molecular formula is C20H21N3O2S. The molecule has 26 heavy (non-hydrogen) atoms. The fourth-order valence-corrected chi connectivity index (χ4v) is 5.59. The van der Waals surface area contributed by atoms with Crippen molar-refractivity contribution in [2.75, 3.05) is 13.1 Å². The first-order valence-corrected chi connectivity index (χ1v) is 10.1. The Bertz CT molecular complexity index is 1050. The van der Waals surface area contributed by atoms with Crippen molar-refractivity contribution in [1.82, 2.24) is 9.29 Å². The topological polar surface area (TPSA) is 76.3 Å². The summed E-state index contributed by atoms with van der Waals surface area (Å²) in [5.41, 5.74) is 8.60. The molecule has 0 unspecified atom stereocenters. The molecule has 0 spiro atoms. The monoisotopic (exact) mass is 367 g/mol. The van der Waals surface area contributed by atoms with E-state index in [1.807, 2.05) is 61.5 Å². The molecule has 4 rings (SSSR count). The van der Waals surface area contributed by atoms with Crippen LogP contribution < -0.4 is 5.73 Å². The van der Waals surface area contributed by atoms with Gasteiger partial charge in [-0.05, 0) is 24.1 Å². The Balaban J connectivity index is 1.76. The molecule has 3 aromatic rings. The summed E-state index contributed by atoms with van der Waals surface area (Å²) in [6, 6.07) is 17.1. The van der Waals surface area contributed by atoms with Gasteiger partial charge in [0.2, 0.25) is 10.0 Å². The highest BCUT2D eigenvalue weighted by molar-refractivity contribution is 7.89. The molecule has 0 radical (unpaired) electrons. The molecule has 1 aliphatic heterocycles. The van der Waals surface area contributed by atoms with Gasteiger partial charge in [0.05, 0.1) is 5.52 Å². The Hall–Kier alpha value is -2.28. The van der Waals surface area contributed by atoms with Crippen LogP contribution in [0.3, 0.4) is 0 Å². The zero-order valence-corrected chi connectivity index (χ0v) is 15.4. The average molecular weight is 367 g/mol. The van der Waals surface area contributed by atoms with Crippen LogP contribution in [0.15, 0.2) is 65.7 Å². The lowest BCUT2D eigenvalue weighted by Crippen LogP contribution is -2.32. The van der Waals surface area contributed by atoms with E-state index in [0.29, 0.717) is 24.2 Å². The second-order valence-electron chi connectivity index (χ2n) is 6.79. The molecule has 0 bridgehead atoms. The predicted molar refractivity (Wildman–Crippen MR) is 102 cm³/mol. The summed E-state index contributed by atoms with van der Waals surface area (Å²) in [6.45, 7) is 2.51. The summed E-state index contributed by atoms with van der Waals surface area (Å²) in [5, 5.41) is 0.819. The number of sulfonamides is 1. The highest BCUT2D eigenvalue weighted by Gasteiger charge is 2.39. The van der Waals surface area contributed by atoms with Crippen molar-refractivity contribution in [3.05, 3.63) is 71.9 Å². The number of aryl methyl sites for hydroxylation is 1. The minimum absolute atomic E-state index is 0.00535. The first-order chi connectivity index (χ1) is 12.5. The zero-order valence-electron chi connectivity index (χ0n) is 14.5. The Labute approximate surface area is 153 Å². The number of nitrogens with zero attached hydrogens (tertiary/aromatic N) is 2. The average Bonchev–Trinajstić information content (AvgIpc) is 3.04. The van der Waals surface area contributed by atoms with E-state index in [0.717, 1.165) is 10.9 Å². The quantitative estimate of drug-likeness (QED) is 0.772. The smallest absolute Gasteiger partial charge is 0.245 e. The lowest BCUT2D eigenvalue weighted by Gasteiger charge is -2.19. The fourth-order valence-electron chi connectivity index (χ4n) is 3.71. The van der Waals surface area contributed by atoms with Crippen LogP contribution in [0.25, 0.3) is 10.9 Å². The molecule has 1 aromatic heterocycles. The minimum Gasteiger partial charge on any atom is -0.326 e. The van der Waals surface area contributed by atoms with Crippen molar-refractivity contribution in [3.63, 3.8) is 0 Å². The van der Waals surface area contributed by atoms with E-state index in [1.165, 1.54) is 4.31 Å². The van der Waals surface area contributed by atoms with Gasteiger partial charge in [-0.2, -0.15) is 4.31 Å². The van der Waals surface area contributed by atoms with E-state index < -0.39 is 10.0 Å². The molecule has 1 saturated heterocycles. The Morgan fingerprint density at radius 1 is 1.04 bits per heavy atom. The molecule has 0 saturated carbocycles. The second kappa shape index (κ2) is 6.46. The highest BCUT2D eigenvalue weighted by atomic mass is 32.2. The van der Waals surface area contributed by atoms with Gasteiger partial charge >= 0.3 is 0 Å². The summed E-state index contributed by atoms with van der Waals surface area (Å²) in [7, 11) is -3.68. The van der Waals surface area contributed by atoms with Gasteiger partial charge in [0.1, 0.15) is 4.90 Å². The largest absolute Gasteiger partial charge is 0.326 e. The lowest BCUT2D eigenvalue weighted by atomic mass is 9.95. The molecule has 2 aromatic carbocycles. The van der Waals surface area contributed by atoms with Crippen LogP contribution >= 0.6 is 0 Å². The lowest BCUT2D eigenvalue weighted by molar-refractivity contribution is 0.470. The van der Waals surface area contributed by atoms with Crippen molar-refractivity contribution >= 4 is 20.9 Å². The second-order valence-corrected chi connectivity index (χ2v) is 8.66. The molecule has 0 aliphatic carbocycles. The Kier molecular flexibility index (Phi) is 4.26. The number of benzene rings is 2. The van der Waals surface area contributed by atoms with E-state index in [4.69, 9.17) is 5.73 Å². The number of nitrogens with two attached hydrogens (primary N) is 1. The highest BCUT2D eigenvalue weighted by Crippen LogP contribution is 2.33. The summed E-state index contributed by atoms with van der Waals surface area (Å²) < 4.78 is 28.3. The van der Waals surface area contributed by atoms with Gasteiger partial charge in [-0.15, -0.1) is 0 Å². The number of fused-ring (bicyclic) bond motifs is 1. The molecule has 1 fully saturated rings. The third-order valence-corrected chi connectivity index (χ3v) is 7.09. The number of hydrogen-bond donors (Lipinski definition) is 1. The van der Waals surface area contributed by atoms with E-state index in [2.05, 4.69) is 4.98 Å². The zero-order chi connectivity index (χ0) is 18.3. The predicted octanol–water partition coefficient (Wildman–Crippen LogP) is 2.66. The third kappa shape index (κ3) is 2.80. The summed E-state index contributed by atoms with van der Waals surface area (Å²) in [4.78, 5) is 4.63. The van der Waals surface area contributed by atoms with Crippen LogP contribution in [0.4, 0.5) is 0 Å². The minimum atomic E-state index is -3.68. The summed E-state index contributed by atoms with van der Waals surface area (Å²) in [5.74, 6) is -0.00535. The number of aromatic nitrogens is 1. The molecule has 1 aliphatic rings.